The highest BCUT2D eigenvalue weighted by Crippen LogP contribution is 2.36. The number of hydrogen-bond acceptors (Lipinski definition) is 11. The second kappa shape index (κ2) is 9.19. The minimum atomic E-state index is -1.72. The zero-order valence-corrected chi connectivity index (χ0v) is 20.8. The van der Waals surface area contributed by atoms with E-state index in [1.807, 2.05) is 6.07 Å². The lowest BCUT2D eigenvalue weighted by atomic mass is 9.90. The van der Waals surface area contributed by atoms with E-state index in [0.29, 0.717) is 59.7 Å². The molecule has 1 amide bonds. The van der Waals surface area contributed by atoms with Gasteiger partial charge >= 0.3 is 0 Å². The molecule has 2 fully saturated rings. The predicted molar refractivity (Wildman–Crippen MR) is 133 cm³/mol. The molecule has 0 bridgehead atoms. The molecule has 38 heavy (non-hydrogen) atoms. The number of aromatic nitrogens is 6. The van der Waals surface area contributed by atoms with Crippen LogP contribution in [0.15, 0.2) is 47.2 Å². The van der Waals surface area contributed by atoms with Crippen molar-refractivity contribution in [1.29, 1.82) is 0 Å². The summed E-state index contributed by atoms with van der Waals surface area (Å²) in [6, 6.07) is 8.76. The summed E-state index contributed by atoms with van der Waals surface area (Å²) in [5.41, 5.74) is 0.281. The van der Waals surface area contributed by atoms with Gasteiger partial charge in [-0.25, -0.2) is 15.0 Å². The number of carbonyl (C=O) groups excluding carboxylic acids is 1. The molecule has 4 aromatic rings. The standard InChI is InChI=1S/C25H26N8O5/c1-32-9-7-25(36,23(32)35)21-12-19(31-38-21)17-5-3-4-16(27-17)18-6-8-26-24(28-18)29-22-20(37-2)13-33(30-22)14-10-15(34)11-14/h3-6,8,12-15,34,36H,7,9-11H2,1-2H3,(H,26,28,29,30)/t14?,15?,25-/m1/s1. The second-order valence-corrected chi connectivity index (χ2v) is 9.52. The number of anilines is 2. The molecule has 1 saturated heterocycles. The van der Waals surface area contributed by atoms with E-state index in [1.165, 1.54) is 4.90 Å². The molecule has 0 aromatic carbocycles. The zero-order chi connectivity index (χ0) is 26.4. The van der Waals surface area contributed by atoms with Gasteiger partial charge in [0, 0.05) is 32.3 Å². The van der Waals surface area contributed by atoms with E-state index in [-0.39, 0.29) is 24.3 Å². The monoisotopic (exact) mass is 518 g/mol. The largest absolute Gasteiger partial charge is 0.491 e. The molecule has 1 saturated carbocycles. The fourth-order valence-corrected chi connectivity index (χ4v) is 4.63. The summed E-state index contributed by atoms with van der Waals surface area (Å²) in [4.78, 5) is 27.4. The fourth-order valence-electron chi connectivity index (χ4n) is 4.63. The van der Waals surface area contributed by atoms with Crippen LogP contribution in [0.1, 0.15) is 31.1 Å². The van der Waals surface area contributed by atoms with E-state index in [2.05, 4.69) is 30.5 Å². The summed E-state index contributed by atoms with van der Waals surface area (Å²) in [5, 5.41) is 32.2. The molecule has 4 aromatic heterocycles. The number of nitrogens with one attached hydrogen (secondary N) is 1. The summed E-state index contributed by atoms with van der Waals surface area (Å²) in [6.45, 7) is 0.430. The minimum Gasteiger partial charge on any atom is -0.491 e. The summed E-state index contributed by atoms with van der Waals surface area (Å²) >= 11 is 0. The van der Waals surface area contributed by atoms with Gasteiger partial charge in [0.25, 0.3) is 5.91 Å². The highest BCUT2D eigenvalue weighted by atomic mass is 16.5. The molecular formula is C25H26N8O5. The smallest absolute Gasteiger partial charge is 0.262 e. The molecule has 13 nitrogen and oxygen atoms in total. The quantitative estimate of drug-likeness (QED) is 0.327. The van der Waals surface area contributed by atoms with Crippen molar-refractivity contribution in [3.8, 4) is 28.5 Å². The Bertz CT molecular complexity index is 1500. The van der Waals surface area contributed by atoms with Crippen LogP contribution in [0.2, 0.25) is 0 Å². The van der Waals surface area contributed by atoms with Crippen molar-refractivity contribution in [3.05, 3.63) is 48.5 Å². The van der Waals surface area contributed by atoms with Gasteiger partial charge < -0.3 is 29.7 Å². The van der Waals surface area contributed by atoms with Crippen molar-refractivity contribution in [2.24, 2.45) is 0 Å². The van der Waals surface area contributed by atoms with Crippen molar-refractivity contribution in [3.63, 3.8) is 0 Å². The number of pyridine rings is 1. The number of likely N-dealkylation sites (tertiary alicyclic amines) is 1. The lowest BCUT2D eigenvalue weighted by Crippen LogP contribution is -2.35. The number of aliphatic hydroxyl groups excluding tert-OH is 1. The van der Waals surface area contributed by atoms with Crippen LogP contribution in [0.5, 0.6) is 5.75 Å². The van der Waals surface area contributed by atoms with Gasteiger partial charge in [-0.3, -0.25) is 9.48 Å². The Morgan fingerprint density at radius 3 is 2.63 bits per heavy atom. The third-order valence-electron chi connectivity index (χ3n) is 6.97. The molecule has 0 unspecified atom stereocenters. The van der Waals surface area contributed by atoms with E-state index >= 15 is 0 Å². The van der Waals surface area contributed by atoms with Gasteiger partial charge in [0.15, 0.2) is 17.3 Å². The maximum atomic E-state index is 12.4. The maximum Gasteiger partial charge on any atom is 0.262 e. The topological polar surface area (TPSA) is 165 Å². The van der Waals surface area contributed by atoms with Crippen LogP contribution in [-0.2, 0) is 10.4 Å². The molecular weight excluding hydrogens is 492 g/mol. The first-order chi connectivity index (χ1) is 18.3. The summed E-state index contributed by atoms with van der Waals surface area (Å²) in [5.74, 6) is 0.979. The van der Waals surface area contributed by atoms with E-state index in [4.69, 9.17) is 9.26 Å². The Kier molecular flexibility index (Phi) is 5.80. The van der Waals surface area contributed by atoms with Gasteiger partial charge in [0.2, 0.25) is 11.5 Å². The molecule has 2 aliphatic rings. The van der Waals surface area contributed by atoms with Gasteiger partial charge in [0.05, 0.1) is 42.5 Å². The molecule has 0 spiro atoms. The minimum absolute atomic E-state index is 0.0902. The Morgan fingerprint density at radius 2 is 1.92 bits per heavy atom. The lowest BCUT2D eigenvalue weighted by molar-refractivity contribution is -0.144. The number of methoxy groups -OCH3 is 1. The molecule has 1 aliphatic carbocycles. The average Bonchev–Trinajstić information content (AvgIpc) is 3.63. The average molecular weight is 519 g/mol. The van der Waals surface area contributed by atoms with Crippen molar-refractivity contribution in [2.75, 3.05) is 26.0 Å². The Morgan fingerprint density at radius 1 is 1.16 bits per heavy atom. The predicted octanol–water partition coefficient (Wildman–Crippen LogP) is 1.89. The van der Waals surface area contributed by atoms with Crippen molar-refractivity contribution in [2.45, 2.75) is 37.0 Å². The number of ether oxygens (including phenoxy) is 1. The van der Waals surface area contributed by atoms with Crippen molar-refractivity contribution >= 4 is 17.7 Å². The molecule has 13 heteroatoms. The summed E-state index contributed by atoms with van der Waals surface area (Å²) in [7, 11) is 3.19. The van der Waals surface area contributed by atoms with Gasteiger partial charge in [0.1, 0.15) is 5.69 Å². The van der Waals surface area contributed by atoms with Gasteiger partial charge in [-0.2, -0.15) is 5.10 Å². The number of aliphatic hydroxyl groups is 2. The molecule has 0 radical (unpaired) electrons. The van der Waals surface area contributed by atoms with Gasteiger partial charge in [-0.15, -0.1) is 0 Å². The Labute approximate surface area is 217 Å². The lowest BCUT2D eigenvalue weighted by Gasteiger charge is -2.31. The third kappa shape index (κ3) is 4.15. The summed E-state index contributed by atoms with van der Waals surface area (Å²) < 4.78 is 12.6. The van der Waals surface area contributed by atoms with Crippen LogP contribution >= 0.6 is 0 Å². The molecule has 6 rings (SSSR count). The first-order valence-electron chi connectivity index (χ1n) is 12.2. The maximum absolute atomic E-state index is 12.4. The second-order valence-electron chi connectivity index (χ2n) is 9.52. The van der Waals surface area contributed by atoms with Crippen LogP contribution < -0.4 is 10.1 Å². The van der Waals surface area contributed by atoms with Crippen LogP contribution in [0.3, 0.4) is 0 Å². The number of nitrogens with zero attached hydrogens (tertiary/aromatic N) is 7. The van der Waals surface area contributed by atoms with Crippen LogP contribution in [-0.4, -0.2) is 77.7 Å². The van der Waals surface area contributed by atoms with Crippen molar-refractivity contribution in [1.82, 2.24) is 34.8 Å². The Hall–Kier alpha value is -4.36. The zero-order valence-electron chi connectivity index (χ0n) is 20.8. The number of hydrogen-bond donors (Lipinski definition) is 3. The SMILES string of the molecule is COc1cn(C2CC(O)C2)nc1Nc1nccc(-c2cccc(-c3cc([C@]4(O)CCN(C)C4=O)on3)n2)n1. The van der Waals surface area contributed by atoms with E-state index in [0.717, 1.165) is 0 Å². The molecule has 5 heterocycles. The van der Waals surface area contributed by atoms with Gasteiger partial charge in [-0.1, -0.05) is 11.2 Å². The molecule has 1 aliphatic heterocycles. The number of likely N-dealkylation sites (N-methyl/N-ethyl adjacent to an activating group) is 1. The van der Waals surface area contributed by atoms with E-state index in [9.17, 15) is 15.0 Å². The normalized spacial score (nSPS) is 22.9. The van der Waals surface area contributed by atoms with Crippen LogP contribution in [0.4, 0.5) is 11.8 Å². The van der Waals surface area contributed by atoms with Crippen LogP contribution in [0, 0.1) is 0 Å². The first-order valence-corrected chi connectivity index (χ1v) is 12.2. The fraction of sp³-hybridized carbons (Fsp3) is 0.360. The Balaban J connectivity index is 1.24. The highest BCUT2D eigenvalue weighted by Gasteiger charge is 2.48. The van der Waals surface area contributed by atoms with E-state index in [1.54, 1.807) is 55.5 Å². The number of carbonyl (C=O) groups is 1. The third-order valence-corrected chi connectivity index (χ3v) is 6.97. The number of amides is 1. The number of rotatable bonds is 7. The van der Waals surface area contributed by atoms with Crippen molar-refractivity contribution < 1.29 is 24.3 Å². The highest BCUT2D eigenvalue weighted by molar-refractivity contribution is 5.87. The molecule has 1 atom stereocenters. The van der Waals surface area contributed by atoms with Crippen LogP contribution in [0.25, 0.3) is 22.8 Å². The first kappa shape index (κ1) is 24.0. The summed E-state index contributed by atoms with van der Waals surface area (Å²) in [6.07, 6.45) is 4.63. The molecule has 3 N–H and O–H groups in total. The molecule has 196 valence electrons. The van der Waals surface area contributed by atoms with E-state index < -0.39 is 11.5 Å². The van der Waals surface area contributed by atoms with Gasteiger partial charge in [-0.05, 0) is 31.0 Å².